The molecule has 0 unspecified atom stereocenters. The van der Waals surface area contributed by atoms with E-state index in [4.69, 9.17) is 0 Å². The van der Waals surface area contributed by atoms with Crippen LogP contribution in [0.2, 0.25) is 0 Å². The molecule has 1 aromatic rings. The van der Waals surface area contributed by atoms with Gasteiger partial charge < -0.3 is 10.2 Å². The summed E-state index contributed by atoms with van der Waals surface area (Å²) < 4.78 is 38.9. The van der Waals surface area contributed by atoms with Gasteiger partial charge in [0.15, 0.2) is 0 Å². The van der Waals surface area contributed by atoms with Crippen molar-refractivity contribution in [2.75, 3.05) is 18.0 Å². The highest BCUT2D eigenvalue weighted by Gasteiger charge is 2.42. The second-order valence-corrected chi connectivity index (χ2v) is 6.42. The SMILES string of the molecule is CC(C)NC(=O)c1ccc(N2CCC[C@H](C(F)(F)F)C2)c([N+](=O)[O-])c1. The molecule has 0 aliphatic carbocycles. The van der Waals surface area contributed by atoms with Gasteiger partial charge in [-0.25, -0.2) is 0 Å². The first-order valence-electron chi connectivity index (χ1n) is 8.00. The van der Waals surface area contributed by atoms with Crippen LogP contribution in [0.5, 0.6) is 0 Å². The number of hydrogen-bond acceptors (Lipinski definition) is 4. The Hall–Kier alpha value is -2.32. The Morgan fingerprint density at radius 3 is 2.64 bits per heavy atom. The molecular formula is C16H20F3N3O3. The minimum absolute atomic E-state index is 0.0165. The van der Waals surface area contributed by atoms with Crippen molar-refractivity contribution >= 4 is 17.3 Å². The summed E-state index contributed by atoms with van der Waals surface area (Å²) in [6.45, 7) is 3.50. The average molecular weight is 359 g/mol. The fourth-order valence-electron chi connectivity index (χ4n) is 2.89. The molecule has 1 fully saturated rings. The molecule has 1 heterocycles. The monoisotopic (exact) mass is 359 g/mol. The first-order valence-corrected chi connectivity index (χ1v) is 8.00. The lowest BCUT2D eigenvalue weighted by Crippen LogP contribution is -2.42. The standard InChI is InChI=1S/C16H20F3N3O3/c1-10(2)20-15(23)11-5-6-13(14(8-11)22(24)25)21-7-3-4-12(9-21)16(17,18)19/h5-6,8,10,12H,3-4,7,9H2,1-2H3,(H,20,23)/t12-/m0/s1. The van der Waals surface area contributed by atoms with Crippen molar-refractivity contribution in [3.05, 3.63) is 33.9 Å². The molecule has 1 N–H and O–H groups in total. The molecule has 0 spiro atoms. The molecule has 0 bridgehead atoms. The molecule has 0 saturated carbocycles. The van der Waals surface area contributed by atoms with Crippen molar-refractivity contribution in [3.8, 4) is 0 Å². The van der Waals surface area contributed by atoms with Crippen LogP contribution in [0.1, 0.15) is 37.0 Å². The van der Waals surface area contributed by atoms with Crippen molar-refractivity contribution in [2.45, 2.75) is 38.9 Å². The Morgan fingerprint density at radius 2 is 2.08 bits per heavy atom. The van der Waals surface area contributed by atoms with Gasteiger partial charge in [-0.15, -0.1) is 0 Å². The van der Waals surface area contributed by atoms with E-state index in [1.165, 1.54) is 17.0 Å². The van der Waals surface area contributed by atoms with Gasteiger partial charge >= 0.3 is 6.18 Å². The third kappa shape index (κ3) is 4.61. The van der Waals surface area contributed by atoms with Crippen LogP contribution >= 0.6 is 0 Å². The minimum atomic E-state index is -4.33. The van der Waals surface area contributed by atoms with E-state index in [0.29, 0.717) is 13.0 Å². The van der Waals surface area contributed by atoms with Crippen LogP contribution in [0.3, 0.4) is 0 Å². The molecule has 2 rings (SSSR count). The summed E-state index contributed by atoms with van der Waals surface area (Å²) in [6, 6.07) is 3.73. The number of nitro groups is 1. The molecule has 9 heteroatoms. The highest BCUT2D eigenvalue weighted by Crippen LogP contribution is 2.37. The number of nitrogens with one attached hydrogen (secondary N) is 1. The number of halogens is 3. The second kappa shape index (κ2) is 7.28. The summed E-state index contributed by atoms with van der Waals surface area (Å²) in [6.07, 6.45) is -4.01. The first kappa shape index (κ1) is 19.0. The van der Waals surface area contributed by atoms with Gasteiger partial charge in [0.1, 0.15) is 5.69 Å². The van der Waals surface area contributed by atoms with Crippen LogP contribution in [0.25, 0.3) is 0 Å². The van der Waals surface area contributed by atoms with E-state index in [1.54, 1.807) is 13.8 Å². The number of anilines is 1. The van der Waals surface area contributed by atoms with E-state index in [1.807, 2.05) is 0 Å². The number of rotatable bonds is 4. The van der Waals surface area contributed by atoms with Gasteiger partial charge in [-0.3, -0.25) is 14.9 Å². The number of piperidine rings is 1. The van der Waals surface area contributed by atoms with Crippen LogP contribution in [0.4, 0.5) is 24.5 Å². The highest BCUT2D eigenvalue weighted by atomic mass is 19.4. The van der Waals surface area contributed by atoms with E-state index in [9.17, 15) is 28.1 Å². The van der Waals surface area contributed by atoms with Gasteiger partial charge in [-0.05, 0) is 38.8 Å². The predicted octanol–water partition coefficient (Wildman–Crippen LogP) is 3.51. The number of amides is 1. The maximum atomic E-state index is 13.0. The molecular weight excluding hydrogens is 339 g/mol. The Morgan fingerprint density at radius 1 is 1.40 bits per heavy atom. The first-order chi connectivity index (χ1) is 11.6. The van der Waals surface area contributed by atoms with E-state index in [2.05, 4.69) is 5.32 Å². The van der Waals surface area contributed by atoms with Crippen LogP contribution < -0.4 is 10.2 Å². The van der Waals surface area contributed by atoms with E-state index in [-0.39, 0.29) is 35.9 Å². The van der Waals surface area contributed by atoms with Crippen LogP contribution in [0, 0.1) is 16.0 Å². The molecule has 25 heavy (non-hydrogen) atoms. The lowest BCUT2D eigenvalue weighted by Gasteiger charge is -2.35. The Bertz CT molecular complexity index is 662. The Labute approximate surface area is 143 Å². The topological polar surface area (TPSA) is 75.5 Å². The molecule has 1 atom stereocenters. The summed E-state index contributed by atoms with van der Waals surface area (Å²) in [4.78, 5) is 24.1. The van der Waals surface area contributed by atoms with Crippen LogP contribution in [-0.2, 0) is 0 Å². The summed E-state index contributed by atoms with van der Waals surface area (Å²) >= 11 is 0. The summed E-state index contributed by atoms with van der Waals surface area (Å²) in [5.74, 6) is -1.97. The Balaban J connectivity index is 2.31. The van der Waals surface area contributed by atoms with Gasteiger partial charge in [0.05, 0.1) is 10.8 Å². The molecule has 0 radical (unpaired) electrons. The zero-order valence-corrected chi connectivity index (χ0v) is 14.0. The third-order valence-electron chi connectivity index (χ3n) is 4.08. The van der Waals surface area contributed by atoms with Gasteiger partial charge in [-0.2, -0.15) is 13.2 Å². The molecule has 6 nitrogen and oxygen atoms in total. The predicted molar refractivity (Wildman–Crippen MR) is 86.7 cm³/mol. The second-order valence-electron chi connectivity index (χ2n) is 6.42. The lowest BCUT2D eigenvalue weighted by molar-refractivity contribution is -0.384. The molecule has 1 amide bonds. The summed E-state index contributed by atoms with van der Waals surface area (Å²) in [5.41, 5.74) is -0.146. The zero-order chi connectivity index (χ0) is 18.8. The largest absolute Gasteiger partial charge is 0.393 e. The molecule has 1 aliphatic heterocycles. The Kier molecular flexibility index (Phi) is 5.54. The van der Waals surface area contributed by atoms with Crippen molar-refractivity contribution in [2.24, 2.45) is 5.92 Å². The van der Waals surface area contributed by atoms with Crippen molar-refractivity contribution in [1.29, 1.82) is 0 Å². The average Bonchev–Trinajstić information content (AvgIpc) is 2.53. The van der Waals surface area contributed by atoms with E-state index < -0.39 is 22.9 Å². The van der Waals surface area contributed by atoms with Crippen molar-refractivity contribution in [3.63, 3.8) is 0 Å². The maximum absolute atomic E-state index is 13.0. The van der Waals surface area contributed by atoms with Crippen molar-refractivity contribution < 1.29 is 22.9 Å². The quantitative estimate of drug-likeness (QED) is 0.659. The number of alkyl halides is 3. The summed E-state index contributed by atoms with van der Waals surface area (Å²) in [5, 5.41) is 14.0. The smallest absolute Gasteiger partial charge is 0.365 e. The molecule has 138 valence electrons. The zero-order valence-electron chi connectivity index (χ0n) is 14.0. The van der Waals surface area contributed by atoms with Gasteiger partial charge in [-0.1, -0.05) is 0 Å². The van der Waals surface area contributed by atoms with Crippen LogP contribution in [-0.4, -0.2) is 36.1 Å². The number of benzene rings is 1. The highest BCUT2D eigenvalue weighted by molar-refractivity contribution is 5.96. The fraction of sp³-hybridized carbons (Fsp3) is 0.562. The maximum Gasteiger partial charge on any atom is 0.393 e. The van der Waals surface area contributed by atoms with Gasteiger partial charge in [0.2, 0.25) is 0 Å². The molecule has 1 aliphatic rings. The third-order valence-corrected chi connectivity index (χ3v) is 4.08. The van der Waals surface area contributed by atoms with E-state index >= 15 is 0 Å². The summed E-state index contributed by atoms with van der Waals surface area (Å²) in [7, 11) is 0. The van der Waals surface area contributed by atoms with Crippen molar-refractivity contribution in [1.82, 2.24) is 5.32 Å². The number of hydrogen-bond donors (Lipinski definition) is 1. The van der Waals surface area contributed by atoms with Gasteiger partial charge in [0, 0.05) is 30.8 Å². The molecule has 1 aromatic carbocycles. The lowest BCUT2D eigenvalue weighted by atomic mass is 9.96. The fourth-order valence-corrected chi connectivity index (χ4v) is 2.89. The van der Waals surface area contributed by atoms with E-state index in [0.717, 1.165) is 6.07 Å². The molecule has 0 aromatic heterocycles. The normalized spacial score (nSPS) is 18.3. The van der Waals surface area contributed by atoms with Gasteiger partial charge in [0.25, 0.3) is 11.6 Å². The number of nitro benzene ring substituents is 1. The number of nitrogens with zero attached hydrogens (tertiary/aromatic N) is 2. The molecule has 1 saturated heterocycles. The minimum Gasteiger partial charge on any atom is -0.365 e. The number of carbonyl (C=O) groups is 1. The number of carbonyl (C=O) groups excluding carboxylic acids is 1. The van der Waals surface area contributed by atoms with Crippen LogP contribution in [0.15, 0.2) is 18.2 Å².